The summed E-state index contributed by atoms with van der Waals surface area (Å²) in [5, 5.41) is 0. The van der Waals surface area contributed by atoms with Gasteiger partial charge in [0.25, 0.3) is 0 Å². The molecule has 94 valence electrons. The van der Waals surface area contributed by atoms with Gasteiger partial charge in [-0.05, 0) is 6.07 Å². The van der Waals surface area contributed by atoms with Gasteiger partial charge < -0.3 is 5.73 Å². The average molecular weight is 260 g/mol. The molecule has 0 spiro atoms. The van der Waals surface area contributed by atoms with E-state index in [1.165, 1.54) is 18.2 Å². The fraction of sp³-hybridized carbons (Fsp3) is 0.300. The van der Waals surface area contributed by atoms with Crippen LogP contribution in [0.25, 0.3) is 0 Å². The second-order valence-electron chi connectivity index (χ2n) is 3.59. The van der Waals surface area contributed by atoms with E-state index in [0.717, 1.165) is 10.6 Å². The highest BCUT2D eigenvalue weighted by Crippen LogP contribution is 2.11. The zero-order valence-electron chi connectivity index (χ0n) is 9.26. The first kappa shape index (κ1) is 13.6. The Morgan fingerprint density at radius 3 is 2.47 bits per heavy atom. The van der Waals surface area contributed by atoms with E-state index in [2.05, 4.69) is 0 Å². The highest BCUT2D eigenvalue weighted by atomic mass is 32.2. The summed E-state index contributed by atoms with van der Waals surface area (Å²) in [6, 6.07) is 5.76. The predicted octanol–water partition coefficient (Wildman–Crippen LogP) is 0.0726. The molecule has 1 amide bonds. The van der Waals surface area contributed by atoms with E-state index in [4.69, 9.17) is 5.73 Å². The van der Waals surface area contributed by atoms with Gasteiger partial charge in [0.1, 0.15) is 5.82 Å². The van der Waals surface area contributed by atoms with Crippen LogP contribution >= 0.6 is 0 Å². The summed E-state index contributed by atoms with van der Waals surface area (Å²) in [7, 11) is -3.61. The minimum Gasteiger partial charge on any atom is -0.369 e. The summed E-state index contributed by atoms with van der Waals surface area (Å²) in [6.45, 7) is -0.679. The van der Waals surface area contributed by atoms with Gasteiger partial charge in [0.05, 0.1) is 12.8 Å². The number of carbonyl (C=O) groups is 1. The van der Waals surface area contributed by atoms with Crippen molar-refractivity contribution < 1.29 is 17.6 Å². The Morgan fingerprint density at radius 1 is 1.41 bits per heavy atom. The molecule has 0 aromatic heterocycles. The van der Waals surface area contributed by atoms with Crippen LogP contribution in [0.3, 0.4) is 0 Å². The first-order valence-electron chi connectivity index (χ1n) is 4.77. The highest BCUT2D eigenvalue weighted by molar-refractivity contribution is 7.88. The molecule has 0 aliphatic heterocycles. The van der Waals surface area contributed by atoms with E-state index < -0.39 is 28.3 Å². The molecule has 0 bridgehead atoms. The quantitative estimate of drug-likeness (QED) is 0.813. The Morgan fingerprint density at radius 2 is 2.00 bits per heavy atom. The van der Waals surface area contributed by atoms with E-state index >= 15 is 0 Å². The van der Waals surface area contributed by atoms with Crippen LogP contribution in [0.5, 0.6) is 0 Å². The first-order valence-corrected chi connectivity index (χ1v) is 6.62. The largest absolute Gasteiger partial charge is 0.369 e. The third-order valence-electron chi connectivity index (χ3n) is 2.11. The topological polar surface area (TPSA) is 80.5 Å². The fourth-order valence-corrected chi connectivity index (χ4v) is 2.02. The molecule has 0 aliphatic rings. The number of benzene rings is 1. The molecule has 0 saturated carbocycles. The van der Waals surface area contributed by atoms with E-state index in [1.807, 2.05) is 0 Å². The molecule has 0 unspecified atom stereocenters. The average Bonchev–Trinajstić information content (AvgIpc) is 2.18. The molecule has 0 radical (unpaired) electrons. The molecule has 0 heterocycles. The molecule has 5 nitrogen and oxygen atoms in total. The number of primary amides is 1. The van der Waals surface area contributed by atoms with Crippen LogP contribution in [0.15, 0.2) is 24.3 Å². The van der Waals surface area contributed by atoms with Gasteiger partial charge in [-0.25, -0.2) is 12.8 Å². The van der Waals surface area contributed by atoms with Crippen LogP contribution in [-0.2, 0) is 21.4 Å². The summed E-state index contributed by atoms with van der Waals surface area (Å²) in [6.07, 6.45) is 0.941. The van der Waals surface area contributed by atoms with E-state index in [9.17, 15) is 17.6 Å². The molecule has 1 rings (SSSR count). The lowest BCUT2D eigenvalue weighted by Gasteiger charge is -2.18. The van der Waals surface area contributed by atoms with Crippen molar-refractivity contribution in [2.75, 3.05) is 12.8 Å². The molecule has 7 heteroatoms. The number of hydrogen-bond donors (Lipinski definition) is 1. The molecule has 0 aliphatic carbocycles. The lowest BCUT2D eigenvalue weighted by atomic mass is 10.2. The smallest absolute Gasteiger partial charge is 0.232 e. The molecule has 1 aromatic rings. The van der Waals surface area contributed by atoms with Crippen LogP contribution in [-0.4, -0.2) is 31.4 Å². The van der Waals surface area contributed by atoms with Crippen LogP contribution in [0.1, 0.15) is 5.56 Å². The predicted molar refractivity (Wildman–Crippen MR) is 60.8 cm³/mol. The second-order valence-corrected chi connectivity index (χ2v) is 5.57. The molecule has 17 heavy (non-hydrogen) atoms. The van der Waals surface area contributed by atoms with Gasteiger partial charge in [-0.2, -0.15) is 4.31 Å². The van der Waals surface area contributed by atoms with Crippen molar-refractivity contribution in [1.82, 2.24) is 4.31 Å². The van der Waals surface area contributed by atoms with Gasteiger partial charge in [0.2, 0.25) is 15.9 Å². The number of nitrogens with two attached hydrogens (primary N) is 1. The van der Waals surface area contributed by atoms with Gasteiger partial charge in [0.15, 0.2) is 0 Å². The van der Waals surface area contributed by atoms with Crippen molar-refractivity contribution in [3.05, 3.63) is 35.6 Å². The maximum Gasteiger partial charge on any atom is 0.232 e. The number of nitrogens with zero attached hydrogens (tertiary/aromatic N) is 1. The summed E-state index contributed by atoms with van der Waals surface area (Å²) in [4.78, 5) is 10.8. The van der Waals surface area contributed by atoms with Gasteiger partial charge in [-0.3, -0.25) is 4.79 Å². The van der Waals surface area contributed by atoms with Crippen LogP contribution in [0.4, 0.5) is 4.39 Å². The lowest BCUT2D eigenvalue weighted by Crippen LogP contribution is -2.37. The van der Waals surface area contributed by atoms with Crippen molar-refractivity contribution in [3.8, 4) is 0 Å². The Labute approximate surface area is 99.1 Å². The SMILES string of the molecule is CS(=O)(=O)N(CC(N)=O)Cc1ccccc1F. The fourth-order valence-electron chi connectivity index (χ4n) is 1.28. The van der Waals surface area contributed by atoms with Gasteiger partial charge in [-0.1, -0.05) is 18.2 Å². The molecular weight excluding hydrogens is 247 g/mol. The van der Waals surface area contributed by atoms with Crippen molar-refractivity contribution in [3.63, 3.8) is 0 Å². The minimum atomic E-state index is -3.61. The van der Waals surface area contributed by atoms with Crippen molar-refractivity contribution in [2.45, 2.75) is 6.54 Å². The normalized spacial score (nSPS) is 11.7. The third kappa shape index (κ3) is 4.12. The third-order valence-corrected chi connectivity index (χ3v) is 3.30. The van der Waals surface area contributed by atoms with Crippen LogP contribution < -0.4 is 5.73 Å². The van der Waals surface area contributed by atoms with Crippen LogP contribution in [0.2, 0.25) is 0 Å². The monoisotopic (exact) mass is 260 g/mol. The molecule has 0 atom stereocenters. The summed E-state index contributed by atoms with van der Waals surface area (Å²) < 4.78 is 36.9. The zero-order chi connectivity index (χ0) is 13.1. The summed E-state index contributed by atoms with van der Waals surface area (Å²) >= 11 is 0. The second kappa shape index (κ2) is 5.24. The lowest BCUT2D eigenvalue weighted by molar-refractivity contribution is -0.118. The number of carbonyl (C=O) groups excluding carboxylic acids is 1. The zero-order valence-corrected chi connectivity index (χ0v) is 10.1. The van der Waals surface area contributed by atoms with E-state index in [1.54, 1.807) is 6.07 Å². The van der Waals surface area contributed by atoms with Crippen LogP contribution in [0, 0.1) is 5.82 Å². The number of sulfonamides is 1. The Hall–Kier alpha value is -1.47. The van der Waals surface area contributed by atoms with Crippen molar-refractivity contribution in [2.24, 2.45) is 5.73 Å². The maximum absolute atomic E-state index is 13.3. The Kier molecular flexibility index (Phi) is 4.19. The van der Waals surface area contributed by atoms with Gasteiger partial charge in [-0.15, -0.1) is 0 Å². The first-order chi connectivity index (χ1) is 7.80. The summed E-state index contributed by atoms with van der Waals surface area (Å²) in [5.41, 5.74) is 5.14. The molecule has 0 fully saturated rings. The number of amides is 1. The number of rotatable bonds is 5. The Bertz CT molecular complexity index is 516. The maximum atomic E-state index is 13.3. The Balaban J connectivity index is 2.95. The molecule has 2 N–H and O–H groups in total. The van der Waals surface area contributed by atoms with E-state index in [0.29, 0.717) is 0 Å². The molecule has 0 saturated heterocycles. The summed E-state index contributed by atoms with van der Waals surface area (Å²) in [5.74, 6) is -1.31. The number of halogens is 1. The minimum absolute atomic E-state index is 0.194. The molecular formula is C10H13FN2O3S. The van der Waals surface area contributed by atoms with E-state index in [-0.39, 0.29) is 12.1 Å². The van der Waals surface area contributed by atoms with Gasteiger partial charge in [0, 0.05) is 12.1 Å². The van der Waals surface area contributed by atoms with Crippen molar-refractivity contribution in [1.29, 1.82) is 0 Å². The molecule has 1 aromatic carbocycles. The van der Waals surface area contributed by atoms with Crippen molar-refractivity contribution >= 4 is 15.9 Å². The van der Waals surface area contributed by atoms with Gasteiger partial charge >= 0.3 is 0 Å². The number of hydrogen-bond acceptors (Lipinski definition) is 3. The standard InChI is InChI=1S/C10H13FN2O3S/c1-17(15,16)13(7-10(12)14)6-8-4-2-3-5-9(8)11/h2-5H,6-7H2,1H3,(H2,12,14). The highest BCUT2D eigenvalue weighted by Gasteiger charge is 2.20.